The van der Waals surface area contributed by atoms with Crippen molar-refractivity contribution in [2.24, 2.45) is 5.92 Å². The topological polar surface area (TPSA) is 72.5 Å². The molecule has 0 unspecified atom stereocenters. The average molecular weight is 364 g/mol. The number of anilines is 2. The van der Waals surface area contributed by atoms with Crippen LogP contribution in [0.1, 0.15) is 24.2 Å². The van der Waals surface area contributed by atoms with E-state index in [1.165, 1.54) is 20.4 Å². The number of nitrogens with zero attached hydrogens (tertiary/aromatic N) is 1. The van der Waals surface area contributed by atoms with E-state index in [9.17, 15) is 4.79 Å². The molecule has 0 saturated heterocycles. The van der Waals surface area contributed by atoms with E-state index in [1.54, 1.807) is 24.4 Å². The Hall–Kier alpha value is -2.47. The normalized spacial score (nSPS) is 10.5. The van der Waals surface area contributed by atoms with Crippen LogP contribution < -0.4 is 20.1 Å². The van der Waals surface area contributed by atoms with E-state index in [0.29, 0.717) is 33.7 Å². The molecule has 2 aromatic rings. The molecule has 1 amide bonds. The fourth-order valence-electron chi connectivity index (χ4n) is 2.14. The third kappa shape index (κ3) is 5.00. The van der Waals surface area contributed by atoms with Gasteiger partial charge in [0, 0.05) is 31.1 Å². The lowest BCUT2D eigenvalue weighted by atomic mass is 10.2. The summed E-state index contributed by atoms with van der Waals surface area (Å²) in [5.74, 6) is 1.08. The lowest BCUT2D eigenvalue weighted by Crippen LogP contribution is -2.14. The lowest BCUT2D eigenvalue weighted by Gasteiger charge is -2.14. The zero-order chi connectivity index (χ0) is 18.4. The van der Waals surface area contributed by atoms with Crippen LogP contribution in [0.15, 0.2) is 30.6 Å². The van der Waals surface area contributed by atoms with Gasteiger partial charge in [-0.25, -0.2) is 0 Å². The van der Waals surface area contributed by atoms with Crippen molar-refractivity contribution in [3.8, 4) is 11.5 Å². The standard InChI is InChI=1S/C18H22ClN3O3/c1-11(2)8-21-13-5-12(9-20-10-13)18(23)22-15-7-16(24-3)14(19)6-17(15)25-4/h5-7,9-11,21H,8H2,1-4H3,(H,22,23). The summed E-state index contributed by atoms with van der Waals surface area (Å²) in [6.07, 6.45) is 3.20. The fourth-order valence-corrected chi connectivity index (χ4v) is 2.37. The molecule has 0 aliphatic carbocycles. The van der Waals surface area contributed by atoms with Crippen LogP contribution in [-0.2, 0) is 0 Å². The highest BCUT2D eigenvalue weighted by molar-refractivity contribution is 6.32. The number of nitrogens with one attached hydrogen (secondary N) is 2. The predicted molar refractivity (Wildman–Crippen MR) is 100 cm³/mol. The molecule has 2 rings (SSSR count). The first-order valence-electron chi connectivity index (χ1n) is 7.86. The Bertz CT molecular complexity index is 750. The number of benzene rings is 1. The molecule has 0 fully saturated rings. The first kappa shape index (κ1) is 18.9. The number of amides is 1. The van der Waals surface area contributed by atoms with Crippen molar-refractivity contribution in [3.63, 3.8) is 0 Å². The number of carbonyl (C=O) groups excluding carboxylic acids is 1. The largest absolute Gasteiger partial charge is 0.495 e. The maximum absolute atomic E-state index is 12.5. The minimum absolute atomic E-state index is 0.302. The SMILES string of the molecule is COc1cc(NC(=O)c2cncc(NCC(C)C)c2)c(OC)cc1Cl. The lowest BCUT2D eigenvalue weighted by molar-refractivity contribution is 0.102. The van der Waals surface area contributed by atoms with Gasteiger partial charge < -0.3 is 20.1 Å². The van der Waals surface area contributed by atoms with E-state index in [4.69, 9.17) is 21.1 Å². The summed E-state index contributed by atoms with van der Waals surface area (Å²) in [6, 6.07) is 4.96. The number of methoxy groups -OCH3 is 2. The zero-order valence-corrected chi connectivity index (χ0v) is 15.5. The predicted octanol–water partition coefficient (Wildman–Crippen LogP) is 4.07. The Balaban J connectivity index is 2.21. The maximum Gasteiger partial charge on any atom is 0.257 e. The summed E-state index contributed by atoms with van der Waals surface area (Å²) in [5, 5.41) is 6.45. The third-order valence-electron chi connectivity index (χ3n) is 3.44. The molecule has 0 aliphatic rings. The quantitative estimate of drug-likeness (QED) is 0.775. The molecule has 25 heavy (non-hydrogen) atoms. The van der Waals surface area contributed by atoms with Gasteiger partial charge in [-0.2, -0.15) is 0 Å². The number of ether oxygens (including phenoxy) is 2. The molecule has 1 aromatic carbocycles. The van der Waals surface area contributed by atoms with Crippen molar-refractivity contribution in [1.29, 1.82) is 0 Å². The van der Waals surface area contributed by atoms with Crippen LogP contribution in [0.25, 0.3) is 0 Å². The second-order valence-corrected chi connectivity index (χ2v) is 6.29. The van der Waals surface area contributed by atoms with Gasteiger partial charge in [0.1, 0.15) is 11.5 Å². The molecule has 0 atom stereocenters. The summed E-state index contributed by atoms with van der Waals surface area (Å²) < 4.78 is 10.5. The Labute approximate surface area is 152 Å². The van der Waals surface area contributed by atoms with Gasteiger partial charge in [0.25, 0.3) is 5.91 Å². The number of hydrogen-bond acceptors (Lipinski definition) is 5. The molecule has 0 spiro atoms. The van der Waals surface area contributed by atoms with Crippen molar-refractivity contribution >= 4 is 28.9 Å². The molecule has 0 radical (unpaired) electrons. The zero-order valence-electron chi connectivity index (χ0n) is 14.7. The van der Waals surface area contributed by atoms with E-state index in [-0.39, 0.29) is 5.91 Å². The van der Waals surface area contributed by atoms with Crippen molar-refractivity contribution in [2.75, 3.05) is 31.4 Å². The van der Waals surface area contributed by atoms with Crippen LogP contribution >= 0.6 is 11.6 Å². The van der Waals surface area contributed by atoms with Gasteiger partial charge in [-0.1, -0.05) is 25.4 Å². The van der Waals surface area contributed by atoms with Crippen LogP contribution in [0, 0.1) is 5.92 Å². The number of pyridine rings is 1. The highest BCUT2D eigenvalue weighted by Crippen LogP contribution is 2.36. The van der Waals surface area contributed by atoms with Crippen LogP contribution in [0.2, 0.25) is 5.02 Å². The molecule has 2 N–H and O–H groups in total. The van der Waals surface area contributed by atoms with Crippen molar-refractivity contribution in [2.45, 2.75) is 13.8 Å². The first-order chi connectivity index (χ1) is 11.9. The van der Waals surface area contributed by atoms with Crippen LogP contribution in [0.3, 0.4) is 0 Å². The van der Waals surface area contributed by atoms with Crippen LogP contribution in [-0.4, -0.2) is 31.7 Å². The highest BCUT2D eigenvalue weighted by Gasteiger charge is 2.14. The molecule has 0 saturated carbocycles. The minimum atomic E-state index is -0.302. The molecular formula is C18H22ClN3O3. The van der Waals surface area contributed by atoms with Gasteiger partial charge >= 0.3 is 0 Å². The molecule has 7 heteroatoms. The minimum Gasteiger partial charge on any atom is -0.495 e. The summed E-state index contributed by atoms with van der Waals surface area (Å²) in [7, 11) is 3.01. The Kier molecular flexibility index (Phi) is 6.47. The fraction of sp³-hybridized carbons (Fsp3) is 0.333. The molecule has 6 nitrogen and oxygen atoms in total. The van der Waals surface area contributed by atoms with Crippen molar-refractivity contribution < 1.29 is 14.3 Å². The molecule has 134 valence electrons. The van der Waals surface area contributed by atoms with Gasteiger partial charge in [0.05, 0.1) is 36.2 Å². The number of aromatic nitrogens is 1. The van der Waals surface area contributed by atoms with Gasteiger partial charge in [-0.15, -0.1) is 0 Å². The van der Waals surface area contributed by atoms with E-state index in [0.717, 1.165) is 12.2 Å². The van der Waals surface area contributed by atoms with E-state index in [2.05, 4.69) is 29.5 Å². The Morgan fingerprint density at radius 1 is 1.16 bits per heavy atom. The highest BCUT2D eigenvalue weighted by atomic mass is 35.5. The smallest absolute Gasteiger partial charge is 0.257 e. The van der Waals surface area contributed by atoms with Crippen LogP contribution in [0.5, 0.6) is 11.5 Å². The maximum atomic E-state index is 12.5. The first-order valence-corrected chi connectivity index (χ1v) is 8.24. The number of hydrogen-bond donors (Lipinski definition) is 2. The number of carbonyl (C=O) groups is 1. The van der Waals surface area contributed by atoms with Gasteiger partial charge in [-0.05, 0) is 12.0 Å². The summed E-state index contributed by atoms with van der Waals surface area (Å²) >= 11 is 6.08. The van der Waals surface area contributed by atoms with Crippen molar-refractivity contribution in [1.82, 2.24) is 4.98 Å². The molecule has 0 aliphatic heterocycles. The second-order valence-electron chi connectivity index (χ2n) is 5.88. The van der Waals surface area contributed by atoms with E-state index in [1.807, 2.05) is 0 Å². The molecule has 1 aromatic heterocycles. The van der Waals surface area contributed by atoms with E-state index < -0.39 is 0 Å². The molecule has 0 bridgehead atoms. The molecular weight excluding hydrogens is 342 g/mol. The number of halogens is 1. The van der Waals surface area contributed by atoms with Gasteiger partial charge in [0.15, 0.2) is 0 Å². The molecule has 1 heterocycles. The van der Waals surface area contributed by atoms with Gasteiger partial charge in [-0.3, -0.25) is 9.78 Å². The Morgan fingerprint density at radius 2 is 1.88 bits per heavy atom. The van der Waals surface area contributed by atoms with Crippen LogP contribution in [0.4, 0.5) is 11.4 Å². The van der Waals surface area contributed by atoms with E-state index >= 15 is 0 Å². The Morgan fingerprint density at radius 3 is 2.52 bits per heavy atom. The third-order valence-corrected chi connectivity index (χ3v) is 3.73. The average Bonchev–Trinajstić information content (AvgIpc) is 2.61. The summed E-state index contributed by atoms with van der Waals surface area (Å²) in [6.45, 7) is 5.02. The second kappa shape index (κ2) is 8.58. The number of rotatable bonds is 7. The van der Waals surface area contributed by atoms with Gasteiger partial charge in [0.2, 0.25) is 0 Å². The van der Waals surface area contributed by atoms with Crippen molar-refractivity contribution in [3.05, 3.63) is 41.2 Å². The monoisotopic (exact) mass is 363 g/mol. The summed E-state index contributed by atoms with van der Waals surface area (Å²) in [5.41, 5.74) is 1.70. The summed E-state index contributed by atoms with van der Waals surface area (Å²) in [4.78, 5) is 16.7.